The van der Waals surface area contributed by atoms with Crippen LogP contribution in [0.1, 0.15) is 44.2 Å². The third-order valence-corrected chi connectivity index (χ3v) is 4.74. The lowest BCUT2D eigenvalue weighted by atomic mass is 9.80. The van der Waals surface area contributed by atoms with Crippen molar-refractivity contribution in [1.82, 2.24) is 0 Å². The number of halogens is 1. The van der Waals surface area contributed by atoms with Gasteiger partial charge in [-0.1, -0.05) is 37.6 Å². The third kappa shape index (κ3) is 3.74. The summed E-state index contributed by atoms with van der Waals surface area (Å²) in [4.78, 5) is 0. The number of hydrogen-bond acceptors (Lipinski definition) is 2. The molecular weight excluding hydrogens is 272 g/mol. The second-order valence-electron chi connectivity index (χ2n) is 5.92. The van der Waals surface area contributed by atoms with E-state index in [1.807, 2.05) is 12.1 Å². The molecule has 1 saturated carbocycles. The Morgan fingerprint density at radius 3 is 2.70 bits per heavy atom. The van der Waals surface area contributed by atoms with Crippen LogP contribution in [0.5, 0.6) is 0 Å². The molecule has 1 aliphatic carbocycles. The highest BCUT2D eigenvalue weighted by molar-refractivity contribution is 6.31. The van der Waals surface area contributed by atoms with E-state index in [2.05, 4.69) is 13.8 Å². The number of ether oxygens (including phenoxy) is 1. The summed E-state index contributed by atoms with van der Waals surface area (Å²) in [6.07, 6.45) is 3.84. The highest BCUT2D eigenvalue weighted by atomic mass is 35.5. The number of nitrogens with one attached hydrogen (secondary N) is 1. The molecule has 0 aliphatic heterocycles. The second kappa shape index (κ2) is 6.59. The molecule has 1 fully saturated rings. The van der Waals surface area contributed by atoms with Crippen molar-refractivity contribution >= 4 is 17.4 Å². The molecule has 1 aromatic rings. The van der Waals surface area contributed by atoms with Crippen LogP contribution in [0.2, 0.25) is 5.02 Å². The molecule has 3 N–H and O–H groups in total. The molecule has 3 nitrogen and oxygen atoms in total. The minimum absolute atomic E-state index is 0.0365. The average Bonchev–Trinajstić information content (AvgIpc) is 2.41. The van der Waals surface area contributed by atoms with Crippen LogP contribution in [-0.2, 0) is 11.3 Å². The van der Waals surface area contributed by atoms with E-state index in [9.17, 15) is 0 Å². The summed E-state index contributed by atoms with van der Waals surface area (Å²) >= 11 is 6.21. The molecule has 0 heterocycles. The molecule has 0 amide bonds. The first kappa shape index (κ1) is 15.3. The minimum atomic E-state index is 0.0365. The fourth-order valence-electron chi connectivity index (χ4n) is 2.69. The van der Waals surface area contributed by atoms with Gasteiger partial charge in [0.2, 0.25) is 0 Å². The summed E-state index contributed by atoms with van der Waals surface area (Å²) in [5.74, 6) is 1.56. The number of benzene rings is 1. The van der Waals surface area contributed by atoms with Gasteiger partial charge in [-0.05, 0) is 42.7 Å². The van der Waals surface area contributed by atoms with Crippen molar-refractivity contribution in [3.63, 3.8) is 0 Å². The summed E-state index contributed by atoms with van der Waals surface area (Å²) in [5, 5.41) is 8.01. The van der Waals surface area contributed by atoms with Crippen molar-refractivity contribution in [3.05, 3.63) is 34.3 Å². The summed E-state index contributed by atoms with van der Waals surface area (Å²) in [6.45, 7) is 5.15. The Kier molecular flexibility index (Phi) is 5.06. The number of rotatable bonds is 4. The molecule has 0 saturated heterocycles. The van der Waals surface area contributed by atoms with Gasteiger partial charge >= 0.3 is 0 Å². The van der Waals surface area contributed by atoms with Crippen LogP contribution in [0, 0.1) is 17.2 Å². The molecule has 0 bridgehead atoms. The van der Waals surface area contributed by atoms with Crippen molar-refractivity contribution < 1.29 is 4.74 Å². The van der Waals surface area contributed by atoms with Crippen molar-refractivity contribution in [2.75, 3.05) is 0 Å². The predicted molar refractivity (Wildman–Crippen MR) is 83.2 cm³/mol. The van der Waals surface area contributed by atoms with Crippen LogP contribution >= 0.6 is 11.6 Å². The van der Waals surface area contributed by atoms with Crippen molar-refractivity contribution in [1.29, 1.82) is 5.41 Å². The maximum absolute atomic E-state index is 7.39. The van der Waals surface area contributed by atoms with E-state index >= 15 is 0 Å². The molecular formula is C16H23ClN2O. The monoisotopic (exact) mass is 294 g/mol. The second-order valence-corrected chi connectivity index (χ2v) is 6.33. The van der Waals surface area contributed by atoms with E-state index in [0.717, 1.165) is 30.2 Å². The molecule has 0 radical (unpaired) electrons. The Morgan fingerprint density at radius 1 is 1.35 bits per heavy atom. The Balaban J connectivity index is 1.93. The van der Waals surface area contributed by atoms with Crippen LogP contribution in [-0.4, -0.2) is 11.9 Å². The summed E-state index contributed by atoms with van der Waals surface area (Å²) < 4.78 is 6.00. The predicted octanol–water partition coefficient (Wildman–Crippen LogP) is 3.97. The van der Waals surface area contributed by atoms with Crippen molar-refractivity contribution in [2.24, 2.45) is 17.6 Å². The SMILES string of the molecule is CC1CCC(OCc2ccc(C(=N)N)cc2Cl)CC1C. The number of nitrogen functional groups attached to an aromatic ring is 1. The molecule has 0 spiro atoms. The zero-order valence-electron chi connectivity index (χ0n) is 12.2. The van der Waals surface area contributed by atoms with Gasteiger partial charge in [-0.2, -0.15) is 0 Å². The van der Waals surface area contributed by atoms with Crippen LogP contribution in [0.4, 0.5) is 0 Å². The molecule has 0 aromatic heterocycles. The van der Waals surface area contributed by atoms with Crippen molar-refractivity contribution in [2.45, 2.75) is 45.8 Å². The Morgan fingerprint density at radius 2 is 2.10 bits per heavy atom. The van der Waals surface area contributed by atoms with Gasteiger partial charge in [-0.15, -0.1) is 0 Å². The molecule has 2 rings (SSSR count). The highest BCUT2D eigenvalue weighted by Crippen LogP contribution is 2.31. The fraction of sp³-hybridized carbons (Fsp3) is 0.562. The summed E-state index contributed by atoms with van der Waals surface area (Å²) in [6, 6.07) is 5.45. The average molecular weight is 295 g/mol. The van der Waals surface area contributed by atoms with Gasteiger partial charge in [-0.3, -0.25) is 5.41 Å². The number of hydrogen-bond donors (Lipinski definition) is 2. The standard InChI is InChI=1S/C16H23ClN2O/c1-10-3-6-14(7-11(10)2)20-9-13-5-4-12(16(18)19)8-15(13)17/h4-5,8,10-11,14H,3,6-7,9H2,1-2H3,(H3,18,19). The molecule has 1 aromatic carbocycles. The van der Waals surface area contributed by atoms with Crippen LogP contribution in [0.3, 0.4) is 0 Å². The first-order valence-corrected chi connectivity index (χ1v) is 7.59. The quantitative estimate of drug-likeness (QED) is 0.652. The van der Waals surface area contributed by atoms with Gasteiger partial charge in [0.25, 0.3) is 0 Å². The maximum Gasteiger partial charge on any atom is 0.122 e. The summed E-state index contributed by atoms with van der Waals surface area (Å²) in [7, 11) is 0. The smallest absolute Gasteiger partial charge is 0.122 e. The normalized spacial score (nSPS) is 26.4. The summed E-state index contributed by atoms with van der Waals surface area (Å²) in [5.41, 5.74) is 7.06. The van der Waals surface area contributed by atoms with Gasteiger partial charge in [0, 0.05) is 10.6 Å². The molecule has 4 heteroatoms. The lowest BCUT2D eigenvalue weighted by molar-refractivity contribution is -0.00741. The number of amidine groups is 1. The highest BCUT2D eigenvalue weighted by Gasteiger charge is 2.25. The zero-order chi connectivity index (χ0) is 14.7. The molecule has 1 aliphatic rings. The lowest BCUT2D eigenvalue weighted by Gasteiger charge is -2.32. The lowest BCUT2D eigenvalue weighted by Crippen LogP contribution is -2.26. The minimum Gasteiger partial charge on any atom is -0.384 e. The number of nitrogens with two attached hydrogens (primary N) is 1. The largest absolute Gasteiger partial charge is 0.384 e. The Bertz CT molecular complexity index is 489. The van der Waals surface area contributed by atoms with E-state index < -0.39 is 0 Å². The Labute approximate surface area is 126 Å². The van der Waals surface area contributed by atoms with Crippen LogP contribution in [0.15, 0.2) is 18.2 Å². The van der Waals surface area contributed by atoms with Gasteiger partial charge in [-0.25, -0.2) is 0 Å². The van der Waals surface area contributed by atoms with Gasteiger partial charge in [0.1, 0.15) is 5.84 Å². The van der Waals surface area contributed by atoms with Crippen molar-refractivity contribution in [3.8, 4) is 0 Å². The van der Waals surface area contributed by atoms with E-state index in [1.54, 1.807) is 6.07 Å². The third-order valence-electron chi connectivity index (χ3n) is 4.39. The van der Waals surface area contributed by atoms with E-state index in [-0.39, 0.29) is 5.84 Å². The first-order valence-electron chi connectivity index (χ1n) is 7.21. The van der Waals surface area contributed by atoms with Crippen LogP contribution < -0.4 is 5.73 Å². The van der Waals surface area contributed by atoms with Crippen LogP contribution in [0.25, 0.3) is 0 Å². The van der Waals surface area contributed by atoms with E-state index in [4.69, 9.17) is 27.5 Å². The van der Waals surface area contributed by atoms with E-state index in [1.165, 1.54) is 6.42 Å². The van der Waals surface area contributed by atoms with Gasteiger partial charge < -0.3 is 10.5 Å². The van der Waals surface area contributed by atoms with Gasteiger partial charge in [0.05, 0.1) is 12.7 Å². The topological polar surface area (TPSA) is 59.1 Å². The molecule has 3 atom stereocenters. The molecule has 20 heavy (non-hydrogen) atoms. The molecule has 110 valence electrons. The zero-order valence-corrected chi connectivity index (χ0v) is 12.9. The maximum atomic E-state index is 7.39. The Hall–Kier alpha value is -1.06. The molecule has 3 unspecified atom stereocenters. The fourth-order valence-corrected chi connectivity index (χ4v) is 2.92. The van der Waals surface area contributed by atoms with Gasteiger partial charge in [0.15, 0.2) is 0 Å². The first-order chi connectivity index (χ1) is 9.47. The van der Waals surface area contributed by atoms with E-state index in [0.29, 0.717) is 23.3 Å².